The van der Waals surface area contributed by atoms with Crippen LogP contribution in [0.4, 0.5) is 5.69 Å². The Morgan fingerprint density at radius 2 is 2.04 bits per heavy atom. The first-order chi connectivity index (χ1) is 11.6. The van der Waals surface area contributed by atoms with Crippen molar-refractivity contribution >= 4 is 34.5 Å². The molecule has 1 aliphatic heterocycles. The van der Waals surface area contributed by atoms with E-state index >= 15 is 0 Å². The molecule has 3 heterocycles. The number of hydrogen-bond donors (Lipinski definition) is 1. The summed E-state index contributed by atoms with van der Waals surface area (Å²) in [5.41, 5.74) is 5.63. The fourth-order valence-electron chi connectivity index (χ4n) is 3.19. The topological polar surface area (TPSA) is 32.6 Å². The van der Waals surface area contributed by atoms with E-state index in [1.54, 1.807) is 0 Å². The maximum Gasteiger partial charge on any atom is 0.153 e. The maximum absolute atomic E-state index is 6.30. The average molecular weight is 361 g/mol. The number of benzene rings is 1. The molecule has 0 bridgehead atoms. The SMILES string of the molecule is CN1CCc2ccc(NCc3c(Cl)nc4cc(Cl)ccn34)cc2C1. The number of pyridine rings is 1. The van der Waals surface area contributed by atoms with Crippen molar-refractivity contribution in [1.82, 2.24) is 14.3 Å². The molecule has 0 unspecified atom stereocenters. The van der Waals surface area contributed by atoms with Crippen LogP contribution in [0.2, 0.25) is 10.2 Å². The van der Waals surface area contributed by atoms with E-state index in [0.29, 0.717) is 16.7 Å². The highest BCUT2D eigenvalue weighted by molar-refractivity contribution is 6.31. The molecule has 124 valence electrons. The predicted octanol–water partition coefficient (Wildman–Crippen LogP) is 4.24. The van der Waals surface area contributed by atoms with Crippen molar-refractivity contribution in [2.75, 3.05) is 18.9 Å². The molecule has 1 N–H and O–H groups in total. The average Bonchev–Trinajstić information content (AvgIpc) is 2.86. The first-order valence-corrected chi connectivity index (χ1v) is 8.72. The van der Waals surface area contributed by atoms with Crippen LogP contribution in [-0.4, -0.2) is 27.9 Å². The van der Waals surface area contributed by atoms with E-state index in [4.69, 9.17) is 23.2 Å². The lowest BCUT2D eigenvalue weighted by atomic mass is 9.99. The summed E-state index contributed by atoms with van der Waals surface area (Å²) in [6.07, 6.45) is 3.02. The number of rotatable bonds is 3. The van der Waals surface area contributed by atoms with E-state index in [9.17, 15) is 0 Å². The van der Waals surface area contributed by atoms with Gasteiger partial charge in [0, 0.05) is 36.1 Å². The highest BCUT2D eigenvalue weighted by Gasteiger charge is 2.14. The summed E-state index contributed by atoms with van der Waals surface area (Å²) < 4.78 is 1.97. The van der Waals surface area contributed by atoms with Crippen LogP contribution < -0.4 is 5.32 Å². The van der Waals surface area contributed by atoms with E-state index in [1.165, 1.54) is 11.1 Å². The summed E-state index contributed by atoms with van der Waals surface area (Å²) in [5, 5.41) is 4.62. The van der Waals surface area contributed by atoms with E-state index in [0.717, 1.165) is 36.5 Å². The molecule has 1 aromatic carbocycles. The summed E-state index contributed by atoms with van der Waals surface area (Å²) in [5.74, 6) is 0. The van der Waals surface area contributed by atoms with Crippen molar-refractivity contribution in [3.8, 4) is 0 Å². The molecule has 0 radical (unpaired) electrons. The number of imidazole rings is 1. The Kier molecular flexibility index (Phi) is 4.12. The second-order valence-electron chi connectivity index (χ2n) is 6.25. The largest absolute Gasteiger partial charge is 0.379 e. The molecule has 4 nitrogen and oxygen atoms in total. The lowest BCUT2D eigenvalue weighted by Gasteiger charge is -2.25. The van der Waals surface area contributed by atoms with E-state index in [2.05, 4.69) is 40.4 Å². The zero-order valence-corrected chi connectivity index (χ0v) is 14.9. The molecule has 0 aliphatic carbocycles. The molecule has 3 aromatic rings. The Hall–Kier alpha value is -1.75. The zero-order chi connectivity index (χ0) is 16.7. The second-order valence-corrected chi connectivity index (χ2v) is 7.04. The van der Waals surface area contributed by atoms with Gasteiger partial charge >= 0.3 is 0 Å². The van der Waals surface area contributed by atoms with Gasteiger partial charge in [-0.2, -0.15) is 0 Å². The molecule has 0 saturated carbocycles. The Labute approximate surface area is 151 Å². The Morgan fingerprint density at radius 1 is 1.17 bits per heavy atom. The molecule has 0 spiro atoms. The van der Waals surface area contributed by atoms with Crippen LogP contribution in [-0.2, 0) is 19.5 Å². The van der Waals surface area contributed by atoms with E-state index < -0.39 is 0 Å². The minimum absolute atomic E-state index is 0.502. The molecule has 0 amide bonds. The lowest BCUT2D eigenvalue weighted by molar-refractivity contribution is 0.313. The van der Waals surface area contributed by atoms with Gasteiger partial charge in [-0.3, -0.25) is 0 Å². The molecule has 6 heteroatoms. The van der Waals surface area contributed by atoms with Crippen LogP contribution in [0.1, 0.15) is 16.8 Å². The highest BCUT2D eigenvalue weighted by Crippen LogP contribution is 2.24. The van der Waals surface area contributed by atoms with Crippen molar-refractivity contribution in [1.29, 1.82) is 0 Å². The monoisotopic (exact) mass is 360 g/mol. The Bertz CT molecular complexity index is 903. The third-order valence-corrected chi connectivity index (χ3v) is 5.05. The molecule has 2 aromatic heterocycles. The Morgan fingerprint density at radius 3 is 2.92 bits per heavy atom. The van der Waals surface area contributed by atoms with Crippen LogP contribution >= 0.6 is 23.2 Å². The summed E-state index contributed by atoms with van der Waals surface area (Å²) in [7, 11) is 2.16. The van der Waals surface area contributed by atoms with Gasteiger partial charge in [0.25, 0.3) is 0 Å². The normalized spacial score (nSPS) is 14.8. The van der Waals surface area contributed by atoms with Crippen molar-refractivity contribution in [2.45, 2.75) is 19.5 Å². The number of likely N-dealkylation sites (N-methyl/N-ethyl adjacent to an activating group) is 1. The number of nitrogens with zero attached hydrogens (tertiary/aromatic N) is 3. The van der Waals surface area contributed by atoms with Gasteiger partial charge < -0.3 is 14.6 Å². The first kappa shape index (κ1) is 15.8. The smallest absolute Gasteiger partial charge is 0.153 e. The van der Waals surface area contributed by atoms with Crippen molar-refractivity contribution in [3.63, 3.8) is 0 Å². The molecule has 24 heavy (non-hydrogen) atoms. The van der Waals surface area contributed by atoms with E-state index in [1.807, 2.05) is 22.7 Å². The predicted molar refractivity (Wildman–Crippen MR) is 99.0 cm³/mol. The van der Waals surface area contributed by atoms with Gasteiger partial charge in [-0.25, -0.2) is 4.98 Å². The van der Waals surface area contributed by atoms with Crippen LogP contribution in [0, 0.1) is 0 Å². The van der Waals surface area contributed by atoms with Gasteiger partial charge in [0.1, 0.15) is 5.65 Å². The van der Waals surface area contributed by atoms with Gasteiger partial charge in [0.2, 0.25) is 0 Å². The third-order valence-electron chi connectivity index (χ3n) is 4.51. The van der Waals surface area contributed by atoms with Gasteiger partial charge in [0.05, 0.1) is 12.2 Å². The van der Waals surface area contributed by atoms with Crippen molar-refractivity contribution in [3.05, 3.63) is 63.5 Å². The minimum atomic E-state index is 0.502. The molecule has 0 saturated heterocycles. The second kappa shape index (κ2) is 6.28. The molecule has 0 fully saturated rings. The van der Waals surface area contributed by atoms with E-state index in [-0.39, 0.29) is 0 Å². The first-order valence-electron chi connectivity index (χ1n) is 7.96. The van der Waals surface area contributed by atoms with Crippen LogP contribution in [0.25, 0.3) is 5.65 Å². The number of hydrogen-bond acceptors (Lipinski definition) is 3. The van der Waals surface area contributed by atoms with Crippen molar-refractivity contribution < 1.29 is 0 Å². The molecule has 1 aliphatic rings. The fraction of sp³-hybridized carbons (Fsp3) is 0.278. The lowest BCUT2D eigenvalue weighted by Crippen LogP contribution is -2.26. The zero-order valence-electron chi connectivity index (χ0n) is 13.4. The minimum Gasteiger partial charge on any atom is -0.379 e. The number of fused-ring (bicyclic) bond motifs is 2. The highest BCUT2D eigenvalue weighted by atomic mass is 35.5. The van der Waals surface area contributed by atoms with Gasteiger partial charge in [-0.15, -0.1) is 0 Å². The van der Waals surface area contributed by atoms with Gasteiger partial charge in [-0.05, 0) is 42.8 Å². The molecular weight excluding hydrogens is 343 g/mol. The standard InChI is InChI=1S/C18H18Cl2N4/c1-23-6-4-12-2-3-15(8-13(12)11-23)21-10-16-18(20)22-17-9-14(19)5-7-24(16)17/h2-3,5,7-9,21H,4,6,10-11H2,1H3. The summed E-state index contributed by atoms with van der Waals surface area (Å²) in [6.45, 7) is 2.73. The molecular formula is C18H18Cl2N4. The molecule has 0 atom stereocenters. The Balaban J connectivity index is 1.57. The van der Waals surface area contributed by atoms with Crippen LogP contribution in [0.3, 0.4) is 0 Å². The van der Waals surface area contributed by atoms with Gasteiger partial charge in [-0.1, -0.05) is 29.3 Å². The maximum atomic E-state index is 6.30. The van der Waals surface area contributed by atoms with Crippen LogP contribution in [0.5, 0.6) is 0 Å². The number of halogens is 2. The quantitative estimate of drug-likeness (QED) is 0.757. The number of aromatic nitrogens is 2. The summed E-state index contributed by atoms with van der Waals surface area (Å²) in [6, 6.07) is 10.2. The van der Waals surface area contributed by atoms with Gasteiger partial charge in [0.15, 0.2) is 5.15 Å². The summed E-state index contributed by atoms with van der Waals surface area (Å²) >= 11 is 12.3. The number of nitrogens with one attached hydrogen (secondary N) is 1. The fourth-order valence-corrected chi connectivity index (χ4v) is 3.59. The summed E-state index contributed by atoms with van der Waals surface area (Å²) in [4.78, 5) is 6.71. The molecule has 4 rings (SSSR count). The third kappa shape index (κ3) is 2.97. The van der Waals surface area contributed by atoms with Crippen molar-refractivity contribution in [2.24, 2.45) is 0 Å². The number of anilines is 1. The van der Waals surface area contributed by atoms with Crippen LogP contribution in [0.15, 0.2) is 36.5 Å².